The Morgan fingerprint density at radius 2 is 2.08 bits per heavy atom. The smallest absolute Gasteiger partial charge is 0.132 e. The van der Waals surface area contributed by atoms with Crippen LogP contribution in [-0.4, -0.2) is 6.29 Å². The zero-order valence-corrected chi connectivity index (χ0v) is 7.31. The molecule has 0 aliphatic rings. The predicted octanol–water partition coefficient (Wildman–Crippen LogP) is 2.40. The Kier molecular flexibility index (Phi) is 3.12. The molecule has 0 aliphatic heterocycles. The van der Waals surface area contributed by atoms with Crippen molar-refractivity contribution in [3.8, 4) is 0 Å². The van der Waals surface area contributed by atoms with E-state index in [9.17, 15) is 13.6 Å². The second-order valence-electron chi connectivity index (χ2n) is 2.86. The van der Waals surface area contributed by atoms with Crippen LogP contribution < -0.4 is 0 Å². The Hall–Kier alpha value is -1.25. The van der Waals surface area contributed by atoms with Gasteiger partial charge in [0.25, 0.3) is 0 Å². The highest BCUT2D eigenvalue weighted by Crippen LogP contribution is 2.17. The van der Waals surface area contributed by atoms with Crippen LogP contribution in [-0.2, 0) is 11.2 Å². The molecule has 0 spiro atoms. The van der Waals surface area contributed by atoms with Crippen molar-refractivity contribution >= 4 is 6.29 Å². The maximum Gasteiger partial charge on any atom is 0.132 e. The van der Waals surface area contributed by atoms with Crippen LogP contribution in [0.2, 0.25) is 0 Å². The molecule has 1 aromatic carbocycles. The molecule has 0 aliphatic carbocycles. The van der Waals surface area contributed by atoms with Gasteiger partial charge in [0.2, 0.25) is 0 Å². The molecule has 0 unspecified atom stereocenters. The Bertz CT molecular complexity index is 321. The zero-order valence-electron chi connectivity index (χ0n) is 7.31. The summed E-state index contributed by atoms with van der Waals surface area (Å²) in [5.74, 6) is -1.12. The first-order valence-electron chi connectivity index (χ1n) is 4.04. The Morgan fingerprint density at radius 3 is 2.69 bits per heavy atom. The van der Waals surface area contributed by atoms with E-state index in [0.717, 1.165) is 0 Å². The van der Waals surface area contributed by atoms with Crippen molar-refractivity contribution in [3.63, 3.8) is 0 Å². The fraction of sp³-hybridized carbons (Fsp3) is 0.300. The van der Waals surface area contributed by atoms with Crippen molar-refractivity contribution in [2.75, 3.05) is 0 Å². The molecule has 0 saturated carbocycles. The lowest BCUT2D eigenvalue weighted by Gasteiger charge is -2.04. The number of hydrogen-bond donors (Lipinski definition) is 0. The monoisotopic (exact) mass is 184 g/mol. The second kappa shape index (κ2) is 4.12. The van der Waals surface area contributed by atoms with Crippen molar-refractivity contribution in [1.82, 2.24) is 0 Å². The van der Waals surface area contributed by atoms with E-state index in [1.807, 2.05) is 0 Å². The molecule has 0 radical (unpaired) electrons. The molecule has 13 heavy (non-hydrogen) atoms. The number of hydrogen-bond acceptors (Lipinski definition) is 1. The van der Waals surface area contributed by atoms with E-state index in [2.05, 4.69) is 0 Å². The summed E-state index contributed by atoms with van der Waals surface area (Å²) < 4.78 is 26.2. The molecule has 1 nitrogen and oxygen atoms in total. The molecule has 0 fully saturated rings. The molecule has 0 heterocycles. The summed E-state index contributed by atoms with van der Waals surface area (Å²) in [6.45, 7) is 1.57. The average Bonchev–Trinajstić information content (AvgIpc) is 2.12. The number of aldehydes is 1. The first-order valence-corrected chi connectivity index (χ1v) is 4.04. The number of halogens is 2. The van der Waals surface area contributed by atoms with Crippen LogP contribution >= 0.6 is 0 Å². The molecule has 3 heteroatoms. The van der Waals surface area contributed by atoms with Crippen LogP contribution in [0.4, 0.5) is 8.78 Å². The standard InChI is InChI=1S/C10H10F2O/c1-7-4-5-9(11)8(10(7)12)3-2-6-13/h4-6H,2-3H2,1H3. The lowest BCUT2D eigenvalue weighted by molar-refractivity contribution is -0.107. The molecule has 0 aromatic heterocycles. The SMILES string of the molecule is Cc1ccc(F)c(CCC=O)c1F. The van der Waals surface area contributed by atoms with Gasteiger partial charge in [-0.25, -0.2) is 8.78 Å². The van der Waals surface area contributed by atoms with Crippen molar-refractivity contribution in [2.45, 2.75) is 19.8 Å². The van der Waals surface area contributed by atoms with E-state index >= 15 is 0 Å². The maximum atomic E-state index is 13.2. The van der Waals surface area contributed by atoms with Crippen LogP contribution in [0.25, 0.3) is 0 Å². The molecule has 1 aromatic rings. The summed E-state index contributed by atoms with van der Waals surface area (Å²) in [6, 6.07) is 2.60. The van der Waals surface area contributed by atoms with Gasteiger partial charge in [-0.3, -0.25) is 0 Å². The average molecular weight is 184 g/mol. The van der Waals surface area contributed by atoms with Crippen molar-refractivity contribution < 1.29 is 13.6 Å². The van der Waals surface area contributed by atoms with Crippen molar-refractivity contribution in [3.05, 3.63) is 34.9 Å². The Labute approximate surface area is 75.4 Å². The summed E-state index contributed by atoms with van der Waals surface area (Å²) >= 11 is 0. The number of carbonyl (C=O) groups excluding carboxylic acids is 1. The van der Waals surface area contributed by atoms with Gasteiger partial charge in [-0.05, 0) is 25.0 Å². The lowest BCUT2D eigenvalue weighted by Crippen LogP contribution is -1.98. The molecule has 0 saturated heterocycles. The van der Waals surface area contributed by atoms with Gasteiger partial charge in [0.05, 0.1) is 0 Å². The molecule has 0 bridgehead atoms. The van der Waals surface area contributed by atoms with Crippen LogP contribution in [0.1, 0.15) is 17.5 Å². The van der Waals surface area contributed by atoms with Crippen LogP contribution in [0.15, 0.2) is 12.1 Å². The molecule has 1 rings (SSSR count). The maximum absolute atomic E-state index is 13.2. The first kappa shape index (κ1) is 9.84. The summed E-state index contributed by atoms with van der Waals surface area (Å²) in [6.07, 6.45) is 0.932. The largest absolute Gasteiger partial charge is 0.303 e. The normalized spacial score (nSPS) is 10.1. The number of rotatable bonds is 3. The van der Waals surface area contributed by atoms with Gasteiger partial charge < -0.3 is 4.79 Å². The van der Waals surface area contributed by atoms with Gasteiger partial charge in [-0.2, -0.15) is 0 Å². The highest BCUT2D eigenvalue weighted by atomic mass is 19.1. The van der Waals surface area contributed by atoms with Gasteiger partial charge >= 0.3 is 0 Å². The van der Waals surface area contributed by atoms with E-state index in [1.165, 1.54) is 12.1 Å². The summed E-state index contributed by atoms with van der Waals surface area (Å²) in [5, 5.41) is 0. The minimum Gasteiger partial charge on any atom is -0.303 e. The third kappa shape index (κ3) is 2.11. The number of benzene rings is 1. The highest BCUT2D eigenvalue weighted by molar-refractivity contribution is 5.50. The zero-order chi connectivity index (χ0) is 9.84. The van der Waals surface area contributed by atoms with E-state index in [0.29, 0.717) is 11.8 Å². The second-order valence-corrected chi connectivity index (χ2v) is 2.86. The van der Waals surface area contributed by atoms with Gasteiger partial charge in [0.15, 0.2) is 0 Å². The van der Waals surface area contributed by atoms with E-state index in [1.54, 1.807) is 6.92 Å². The summed E-state index contributed by atoms with van der Waals surface area (Å²) in [4.78, 5) is 10.0. The number of carbonyl (C=O) groups is 1. The fourth-order valence-electron chi connectivity index (χ4n) is 1.15. The van der Waals surface area contributed by atoms with Gasteiger partial charge in [-0.15, -0.1) is 0 Å². The van der Waals surface area contributed by atoms with Crippen LogP contribution in [0.3, 0.4) is 0 Å². The van der Waals surface area contributed by atoms with Crippen LogP contribution in [0, 0.1) is 18.6 Å². The minimum absolute atomic E-state index is 0.00657. The van der Waals surface area contributed by atoms with Crippen molar-refractivity contribution in [2.24, 2.45) is 0 Å². The quantitative estimate of drug-likeness (QED) is 0.659. The lowest BCUT2D eigenvalue weighted by atomic mass is 10.1. The molecule has 70 valence electrons. The van der Waals surface area contributed by atoms with Crippen molar-refractivity contribution in [1.29, 1.82) is 0 Å². The molecule has 0 atom stereocenters. The van der Waals surface area contributed by atoms with Gasteiger partial charge in [0.1, 0.15) is 17.9 Å². The minimum atomic E-state index is -0.579. The molecule has 0 N–H and O–H groups in total. The van der Waals surface area contributed by atoms with E-state index < -0.39 is 11.6 Å². The van der Waals surface area contributed by atoms with E-state index in [4.69, 9.17) is 0 Å². The van der Waals surface area contributed by atoms with E-state index in [-0.39, 0.29) is 18.4 Å². The molecular weight excluding hydrogens is 174 g/mol. The third-order valence-electron chi connectivity index (χ3n) is 1.89. The van der Waals surface area contributed by atoms with Gasteiger partial charge in [0, 0.05) is 12.0 Å². The number of aryl methyl sites for hydroxylation is 1. The Balaban J connectivity index is 3.02. The topological polar surface area (TPSA) is 17.1 Å². The highest BCUT2D eigenvalue weighted by Gasteiger charge is 2.10. The predicted molar refractivity (Wildman–Crippen MR) is 45.5 cm³/mol. The summed E-state index contributed by atoms with van der Waals surface area (Å²) in [7, 11) is 0. The first-order chi connectivity index (χ1) is 6.16. The molecule has 0 amide bonds. The fourth-order valence-corrected chi connectivity index (χ4v) is 1.15. The van der Waals surface area contributed by atoms with Crippen LogP contribution in [0.5, 0.6) is 0 Å². The Morgan fingerprint density at radius 1 is 1.38 bits per heavy atom. The van der Waals surface area contributed by atoms with Gasteiger partial charge in [-0.1, -0.05) is 6.07 Å². The third-order valence-corrected chi connectivity index (χ3v) is 1.89. The summed E-state index contributed by atoms with van der Waals surface area (Å²) in [5.41, 5.74) is 0.411. The molecular formula is C10H10F2O.